The maximum atomic E-state index is 13.1. The first kappa shape index (κ1) is 31.8. The maximum absolute atomic E-state index is 13.1. The molecule has 0 bridgehead atoms. The Bertz CT molecular complexity index is 1720. The lowest BCUT2D eigenvalue weighted by molar-refractivity contribution is -0.192. The van der Waals surface area contributed by atoms with Crippen molar-refractivity contribution in [1.82, 2.24) is 24.6 Å². The minimum absolute atomic E-state index is 0.299. The number of hydrogen-bond donors (Lipinski definition) is 4. The fourth-order valence-corrected chi connectivity index (χ4v) is 6.36. The number of halogens is 3. The number of benzene rings is 2. The minimum atomic E-state index is -5.08. The number of carboxylic acids is 1. The molecule has 2 aromatic carbocycles. The first-order valence-electron chi connectivity index (χ1n) is 12.9. The number of anilines is 3. The predicted octanol–water partition coefficient (Wildman–Crippen LogP) is 4.51. The monoisotopic (exact) mass is 635 g/mol. The van der Waals surface area contributed by atoms with Crippen molar-refractivity contribution >= 4 is 66.5 Å². The fourth-order valence-electron chi connectivity index (χ4n) is 4.01. The van der Waals surface area contributed by atoms with Gasteiger partial charge in [0.15, 0.2) is 5.13 Å². The first-order valence-corrected chi connectivity index (χ1v) is 15.1. The zero-order chi connectivity index (χ0) is 31.2. The Hall–Kier alpha value is -4.12. The van der Waals surface area contributed by atoms with Crippen molar-refractivity contribution in [3.8, 4) is 0 Å². The highest BCUT2D eigenvalue weighted by Gasteiger charge is 2.38. The van der Waals surface area contributed by atoms with Gasteiger partial charge in [-0.2, -0.15) is 17.5 Å². The number of thiazole rings is 1. The van der Waals surface area contributed by atoms with Crippen LogP contribution in [-0.4, -0.2) is 71.1 Å². The fraction of sp³-hybridized carbons (Fsp3) is 0.259. The highest BCUT2D eigenvalue weighted by molar-refractivity contribution is 7.89. The molecule has 228 valence electrons. The Balaban J connectivity index is 0.000000541. The zero-order valence-electron chi connectivity index (χ0n) is 22.8. The van der Waals surface area contributed by atoms with Gasteiger partial charge in [0.1, 0.15) is 0 Å². The van der Waals surface area contributed by atoms with Crippen LogP contribution in [0.1, 0.15) is 23.1 Å². The van der Waals surface area contributed by atoms with Gasteiger partial charge in [0, 0.05) is 43.3 Å². The number of nitrogen functional groups attached to an aromatic ring is 1. The number of alkyl halides is 3. The Morgan fingerprint density at radius 2 is 1.79 bits per heavy atom. The third-order valence-electron chi connectivity index (χ3n) is 6.19. The molecule has 0 amide bonds. The molecule has 1 aliphatic heterocycles. The van der Waals surface area contributed by atoms with Crippen LogP contribution in [-0.2, 0) is 14.8 Å². The molecule has 16 heteroatoms. The van der Waals surface area contributed by atoms with Gasteiger partial charge in [-0.25, -0.2) is 28.2 Å². The van der Waals surface area contributed by atoms with Crippen molar-refractivity contribution in [2.75, 3.05) is 37.2 Å². The second-order valence-electron chi connectivity index (χ2n) is 9.36. The Morgan fingerprint density at radius 1 is 1.09 bits per heavy atom. The van der Waals surface area contributed by atoms with E-state index in [0.717, 1.165) is 45.6 Å². The van der Waals surface area contributed by atoms with Crippen LogP contribution >= 0.6 is 11.3 Å². The van der Waals surface area contributed by atoms with E-state index in [1.54, 1.807) is 34.9 Å². The molecular formula is C27H28F3N7O4S2. The van der Waals surface area contributed by atoms with Gasteiger partial charge in [-0.1, -0.05) is 29.6 Å². The summed E-state index contributed by atoms with van der Waals surface area (Å²) in [6.07, 6.45) is 3.12. The van der Waals surface area contributed by atoms with E-state index in [4.69, 9.17) is 15.6 Å². The summed E-state index contributed by atoms with van der Waals surface area (Å²) in [6.45, 7) is 4.37. The van der Waals surface area contributed by atoms with Crippen molar-refractivity contribution < 1.29 is 31.5 Å². The number of aliphatic carboxylic acids is 1. The molecule has 3 heterocycles. The second kappa shape index (κ2) is 13.5. The number of hydrogen-bond acceptors (Lipinski definition) is 10. The number of carboxylic acid groups (broad SMARTS) is 1. The summed E-state index contributed by atoms with van der Waals surface area (Å²) in [5, 5.41) is 14.1. The molecule has 11 nitrogen and oxygen atoms in total. The molecule has 5 N–H and O–H groups in total. The molecule has 1 fully saturated rings. The van der Waals surface area contributed by atoms with E-state index >= 15 is 0 Å². The number of aryl methyl sites for hydroxylation is 1. The van der Waals surface area contributed by atoms with Crippen LogP contribution in [0.3, 0.4) is 0 Å². The van der Waals surface area contributed by atoms with E-state index in [2.05, 4.69) is 25.6 Å². The summed E-state index contributed by atoms with van der Waals surface area (Å²) in [4.78, 5) is 22.3. The third kappa shape index (κ3) is 8.47. The zero-order valence-corrected chi connectivity index (χ0v) is 24.4. The first-order chi connectivity index (χ1) is 20.3. The number of carbonyl (C=O) groups is 1. The third-order valence-corrected chi connectivity index (χ3v) is 8.93. The van der Waals surface area contributed by atoms with Crippen LogP contribution in [0.2, 0.25) is 0 Å². The van der Waals surface area contributed by atoms with Crippen molar-refractivity contribution in [3.63, 3.8) is 0 Å². The number of nitrogens with zero attached hydrogens (tertiary/aromatic N) is 4. The van der Waals surface area contributed by atoms with Crippen molar-refractivity contribution in [1.29, 1.82) is 0 Å². The van der Waals surface area contributed by atoms with E-state index in [9.17, 15) is 21.6 Å². The van der Waals surface area contributed by atoms with E-state index in [-0.39, 0.29) is 0 Å². The molecule has 0 unspecified atom stereocenters. The average Bonchev–Trinajstić information content (AvgIpc) is 3.13. The quantitative estimate of drug-likeness (QED) is 0.237. The predicted molar refractivity (Wildman–Crippen MR) is 159 cm³/mol. The normalized spacial score (nSPS) is 14.7. The van der Waals surface area contributed by atoms with Gasteiger partial charge in [-0.15, -0.1) is 0 Å². The molecular weight excluding hydrogens is 607 g/mol. The van der Waals surface area contributed by atoms with Gasteiger partial charge in [0.2, 0.25) is 16.0 Å². The number of nitrogens with one attached hydrogen (secondary N) is 2. The van der Waals surface area contributed by atoms with Crippen LogP contribution in [0.5, 0.6) is 0 Å². The highest BCUT2D eigenvalue weighted by atomic mass is 32.2. The molecule has 1 saturated heterocycles. The summed E-state index contributed by atoms with van der Waals surface area (Å²) in [5.41, 5.74) is 10.1. The molecule has 0 aliphatic carbocycles. The van der Waals surface area contributed by atoms with Crippen molar-refractivity contribution in [2.24, 2.45) is 0 Å². The lowest BCUT2D eigenvalue weighted by Crippen LogP contribution is -2.34. The smallest absolute Gasteiger partial charge is 0.475 e. The molecule has 43 heavy (non-hydrogen) atoms. The second-order valence-corrected chi connectivity index (χ2v) is 12.4. The van der Waals surface area contributed by atoms with Crippen LogP contribution < -0.4 is 16.4 Å². The van der Waals surface area contributed by atoms with Crippen LogP contribution in [0, 0.1) is 6.92 Å². The molecule has 1 aliphatic rings. The number of sulfonamides is 1. The SMILES string of the molecule is Cc1cc(S(=O)(=O)N2CCCNCC2)ccc1Nc1ncc(/C=C/c2ccc3nc(N)sc3c2)cn1.O=C(O)C(F)(F)F. The lowest BCUT2D eigenvalue weighted by Gasteiger charge is -2.20. The lowest BCUT2D eigenvalue weighted by atomic mass is 10.2. The van der Waals surface area contributed by atoms with E-state index in [1.165, 1.54) is 11.3 Å². The number of nitrogens with two attached hydrogens (primary N) is 1. The van der Waals surface area contributed by atoms with Gasteiger partial charge in [-0.05, 0) is 61.3 Å². The summed E-state index contributed by atoms with van der Waals surface area (Å²) >= 11 is 1.46. The molecule has 2 aromatic heterocycles. The molecule has 4 aromatic rings. The van der Waals surface area contributed by atoms with E-state index in [1.807, 2.05) is 37.3 Å². The average molecular weight is 636 g/mol. The number of fused-ring (bicyclic) bond motifs is 1. The maximum Gasteiger partial charge on any atom is 0.490 e. The summed E-state index contributed by atoms with van der Waals surface area (Å²) in [5.74, 6) is -2.32. The Morgan fingerprint density at radius 3 is 2.47 bits per heavy atom. The van der Waals surface area contributed by atoms with Crippen LogP contribution in [0.4, 0.5) is 29.9 Å². The van der Waals surface area contributed by atoms with Crippen LogP contribution in [0.25, 0.3) is 22.4 Å². The number of rotatable bonds is 6. The Labute approximate surface area is 249 Å². The van der Waals surface area contributed by atoms with E-state index < -0.39 is 22.2 Å². The van der Waals surface area contributed by atoms with Crippen molar-refractivity contribution in [3.05, 3.63) is 65.5 Å². The molecule has 0 spiro atoms. The Kier molecular flexibility index (Phi) is 9.95. The summed E-state index contributed by atoms with van der Waals surface area (Å²) in [7, 11) is -3.53. The van der Waals surface area contributed by atoms with Crippen LogP contribution in [0.15, 0.2) is 53.7 Å². The molecule has 0 radical (unpaired) electrons. The van der Waals surface area contributed by atoms with Gasteiger partial charge < -0.3 is 21.5 Å². The highest BCUT2D eigenvalue weighted by Crippen LogP contribution is 2.26. The van der Waals surface area contributed by atoms with E-state index in [0.29, 0.717) is 35.6 Å². The molecule has 5 rings (SSSR count). The molecule has 0 saturated carbocycles. The largest absolute Gasteiger partial charge is 0.490 e. The topological polar surface area (TPSA) is 163 Å². The van der Waals surface area contributed by atoms with Gasteiger partial charge in [0.25, 0.3) is 0 Å². The van der Waals surface area contributed by atoms with Gasteiger partial charge in [-0.3, -0.25) is 0 Å². The van der Waals surface area contributed by atoms with Gasteiger partial charge in [0.05, 0.1) is 15.1 Å². The van der Waals surface area contributed by atoms with Gasteiger partial charge >= 0.3 is 12.1 Å². The summed E-state index contributed by atoms with van der Waals surface area (Å²) < 4.78 is 60.5. The number of aromatic nitrogens is 3. The molecule has 0 atom stereocenters. The standard InChI is InChI=1S/C25H27N7O2S2.C2HF3O2/c1-17-13-20(36(33,34)32-11-2-9-27-10-12-32)6-8-21(17)31-25-28-15-19(16-29-25)4-3-18-5-7-22-23(14-18)35-24(26)30-22;3-2(4,5)1(6)7/h3-8,13-16,27H,2,9-12H2,1H3,(H2,26,30)(H,28,29,31);(H,6,7)/b4-3+;. The minimum Gasteiger partial charge on any atom is -0.475 e. The van der Waals surface area contributed by atoms with Crippen molar-refractivity contribution in [2.45, 2.75) is 24.4 Å². The summed E-state index contributed by atoms with van der Waals surface area (Å²) in [6, 6.07) is 11.1.